The van der Waals surface area contributed by atoms with Crippen LogP contribution in [0.15, 0.2) is 0 Å². The molecule has 94 valence electrons. The molecule has 1 rings (SSSR count). The van der Waals surface area contributed by atoms with Crippen molar-refractivity contribution in [2.75, 3.05) is 20.3 Å². The molecule has 0 aromatic rings. The monoisotopic (exact) mass is 229 g/mol. The highest BCUT2D eigenvalue weighted by molar-refractivity contribution is 5.76. The fraction of sp³-hybridized carbons (Fsp3) is 0.917. The van der Waals surface area contributed by atoms with Crippen LogP contribution in [0.1, 0.15) is 40.0 Å². The number of hydroxylamine groups is 2. The summed E-state index contributed by atoms with van der Waals surface area (Å²) < 4.78 is 5.13. The van der Waals surface area contributed by atoms with Gasteiger partial charge in [0.05, 0.1) is 25.2 Å². The van der Waals surface area contributed by atoms with E-state index in [1.54, 1.807) is 7.11 Å². The first-order chi connectivity index (χ1) is 7.54. The Morgan fingerprint density at radius 1 is 1.44 bits per heavy atom. The Morgan fingerprint density at radius 3 is 2.69 bits per heavy atom. The van der Waals surface area contributed by atoms with E-state index in [0.29, 0.717) is 6.61 Å². The van der Waals surface area contributed by atoms with E-state index in [1.165, 1.54) is 0 Å². The Hall–Kier alpha value is -0.610. The van der Waals surface area contributed by atoms with Crippen LogP contribution < -0.4 is 0 Å². The van der Waals surface area contributed by atoms with Crippen LogP contribution in [0, 0.1) is 5.41 Å². The van der Waals surface area contributed by atoms with E-state index in [4.69, 9.17) is 9.57 Å². The fourth-order valence-electron chi connectivity index (χ4n) is 2.30. The molecule has 0 bridgehead atoms. The molecule has 0 aliphatic carbocycles. The van der Waals surface area contributed by atoms with Crippen molar-refractivity contribution in [3.8, 4) is 0 Å². The number of piperidine rings is 1. The second-order valence-corrected chi connectivity index (χ2v) is 4.78. The van der Waals surface area contributed by atoms with Crippen molar-refractivity contribution in [1.82, 2.24) is 5.06 Å². The minimum Gasteiger partial charge on any atom is -0.466 e. The van der Waals surface area contributed by atoms with Gasteiger partial charge < -0.3 is 9.57 Å². The number of nitrogens with zero attached hydrogens (tertiary/aromatic N) is 1. The van der Waals surface area contributed by atoms with Crippen LogP contribution in [0.2, 0.25) is 0 Å². The minimum absolute atomic E-state index is 0.116. The standard InChI is InChI=1S/C12H23NO3/c1-5-16-11(14)12(2,3)10-8-6-7-9-13(10)15-4/h10H,5-9H2,1-4H3. The van der Waals surface area contributed by atoms with E-state index in [2.05, 4.69) is 0 Å². The molecule has 1 aliphatic rings. The predicted octanol–water partition coefficient (Wildman–Crippen LogP) is 1.99. The third kappa shape index (κ3) is 2.74. The topological polar surface area (TPSA) is 38.8 Å². The van der Waals surface area contributed by atoms with Crippen LogP contribution in [0.5, 0.6) is 0 Å². The smallest absolute Gasteiger partial charge is 0.313 e. The maximum atomic E-state index is 11.9. The van der Waals surface area contributed by atoms with Gasteiger partial charge in [0, 0.05) is 6.54 Å². The second-order valence-electron chi connectivity index (χ2n) is 4.78. The van der Waals surface area contributed by atoms with Gasteiger partial charge in [-0.2, -0.15) is 5.06 Å². The Balaban J connectivity index is 2.74. The molecular formula is C12H23NO3. The molecule has 1 atom stereocenters. The summed E-state index contributed by atoms with van der Waals surface area (Å²) in [6.45, 7) is 7.04. The largest absolute Gasteiger partial charge is 0.466 e. The lowest BCUT2D eigenvalue weighted by Gasteiger charge is -2.41. The number of hydrogen-bond acceptors (Lipinski definition) is 4. The van der Waals surface area contributed by atoms with Gasteiger partial charge in [-0.15, -0.1) is 0 Å². The Kier molecular flexibility index (Phi) is 4.74. The summed E-state index contributed by atoms with van der Waals surface area (Å²) in [4.78, 5) is 17.3. The van der Waals surface area contributed by atoms with Crippen LogP contribution in [0.4, 0.5) is 0 Å². The van der Waals surface area contributed by atoms with Crippen molar-refractivity contribution >= 4 is 5.97 Å². The van der Waals surface area contributed by atoms with E-state index >= 15 is 0 Å². The first-order valence-electron chi connectivity index (χ1n) is 6.02. The minimum atomic E-state index is -0.507. The number of esters is 1. The summed E-state index contributed by atoms with van der Waals surface area (Å²) >= 11 is 0. The molecule has 0 aromatic heterocycles. The lowest BCUT2D eigenvalue weighted by Crippen LogP contribution is -2.51. The number of rotatable bonds is 4. The molecule has 1 aliphatic heterocycles. The molecule has 16 heavy (non-hydrogen) atoms. The van der Waals surface area contributed by atoms with Gasteiger partial charge in [-0.3, -0.25) is 4.79 Å². The molecule has 1 heterocycles. The van der Waals surface area contributed by atoms with Crippen LogP contribution >= 0.6 is 0 Å². The van der Waals surface area contributed by atoms with Gasteiger partial charge in [0.2, 0.25) is 0 Å². The molecule has 4 nitrogen and oxygen atoms in total. The Morgan fingerprint density at radius 2 is 2.12 bits per heavy atom. The third-order valence-electron chi connectivity index (χ3n) is 3.32. The quantitative estimate of drug-likeness (QED) is 0.691. The zero-order valence-corrected chi connectivity index (χ0v) is 10.8. The van der Waals surface area contributed by atoms with E-state index in [9.17, 15) is 4.79 Å². The van der Waals surface area contributed by atoms with Crippen LogP contribution in [0.25, 0.3) is 0 Å². The normalized spacial score (nSPS) is 23.1. The van der Waals surface area contributed by atoms with Gasteiger partial charge in [-0.1, -0.05) is 6.42 Å². The van der Waals surface area contributed by atoms with Crippen molar-refractivity contribution in [2.45, 2.75) is 46.1 Å². The number of carbonyl (C=O) groups is 1. The van der Waals surface area contributed by atoms with Crippen molar-refractivity contribution in [3.05, 3.63) is 0 Å². The van der Waals surface area contributed by atoms with Crippen LogP contribution in [0.3, 0.4) is 0 Å². The maximum Gasteiger partial charge on any atom is 0.313 e. The molecule has 1 fully saturated rings. The van der Waals surface area contributed by atoms with Gasteiger partial charge in [0.25, 0.3) is 0 Å². The Labute approximate surface area is 97.9 Å². The van der Waals surface area contributed by atoms with E-state index in [0.717, 1.165) is 25.8 Å². The predicted molar refractivity (Wildman–Crippen MR) is 61.8 cm³/mol. The second kappa shape index (κ2) is 5.64. The molecule has 0 N–H and O–H groups in total. The molecule has 0 radical (unpaired) electrons. The number of carbonyl (C=O) groups excluding carboxylic acids is 1. The van der Waals surface area contributed by atoms with Crippen molar-refractivity contribution in [2.24, 2.45) is 5.41 Å². The lowest BCUT2D eigenvalue weighted by atomic mass is 9.80. The summed E-state index contributed by atoms with van der Waals surface area (Å²) in [5.41, 5.74) is -0.507. The number of ether oxygens (including phenoxy) is 1. The number of hydrogen-bond donors (Lipinski definition) is 0. The maximum absolute atomic E-state index is 11.9. The van der Waals surface area contributed by atoms with E-state index < -0.39 is 5.41 Å². The highest BCUT2D eigenvalue weighted by atomic mass is 16.7. The average Bonchev–Trinajstić information content (AvgIpc) is 2.29. The van der Waals surface area contributed by atoms with Gasteiger partial charge in [-0.25, -0.2) is 0 Å². The first kappa shape index (κ1) is 13.5. The first-order valence-corrected chi connectivity index (χ1v) is 6.02. The van der Waals surface area contributed by atoms with Crippen molar-refractivity contribution < 1.29 is 14.4 Å². The fourth-order valence-corrected chi connectivity index (χ4v) is 2.30. The van der Waals surface area contributed by atoms with Gasteiger partial charge in [0.15, 0.2) is 0 Å². The van der Waals surface area contributed by atoms with Gasteiger partial charge >= 0.3 is 5.97 Å². The molecular weight excluding hydrogens is 206 g/mol. The van der Waals surface area contributed by atoms with Crippen LogP contribution in [-0.4, -0.2) is 37.3 Å². The molecule has 1 saturated heterocycles. The highest BCUT2D eigenvalue weighted by Gasteiger charge is 2.42. The summed E-state index contributed by atoms with van der Waals surface area (Å²) in [5, 5.41) is 1.92. The molecule has 0 amide bonds. The summed E-state index contributed by atoms with van der Waals surface area (Å²) in [5.74, 6) is -0.135. The molecule has 0 aromatic carbocycles. The van der Waals surface area contributed by atoms with Crippen molar-refractivity contribution in [1.29, 1.82) is 0 Å². The lowest BCUT2D eigenvalue weighted by molar-refractivity contribution is -0.208. The summed E-state index contributed by atoms with van der Waals surface area (Å²) in [6.07, 6.45) is 3.26. The molecule has 4 heteroatoms. The SMILES string of the molecule is CCOC(=O)C(C)(C)C1CCCCN1OC. The zero-order chi connectivity index (χ0) is 12.2. The van der Waals surface area contributed by atoms with E-state index in [1.807, 2.05) is 25.8 Å². The molecule has 0 spiro atoms. The highest BCUT2D eigenvalue weighted by Crippen LogP contribution is 2.33. The third-order valence-corrected chi connectivity index (χ3v) is 3.32. The van der Waals surface area contributed by atoms with Gasteiger partial charge in [-0.05, 0) is 33.6 Å². The summed E-state index contributed by atoms with van der Waals surface area (Å²) in [6, 6.07) is 0.116. The molecule has 1 unspecified atom stereocenters. The van der Waals surface area contributed by atoms with Gasteiger partial charge in [0.1, 0.15) is 0 Å². The van der Waals surface area contributed by atoms with E-state index in [-0.39, 0.29) is 12.0 Å². The zero-order valence-electron chi connectivity index (χ0n) is 10.8. The summed E-state index contributed by atoms with van der Waals surface area (Å²) in [7, 11) is 1.67. The van der Waals surface area contributed by atoms with Crippen molar-refractivity contribution in [3.63, 3.8) is 0 Å². The Bertz CT molecular complexity index is 240. The van der Waals surface area contributed by atoms with Crippen LogP contribution in [-0.2, 0) is 14.4 Å². The molecule has 0 saturated carbocycles. The average molecular weight is 229 g/mol.